The van der Waals surface area contributed by atoms with Gasteiger partial charge in [-0.25, -0.2) is 14.4 Å². The van der Waals surface area contributed by atoms with Crippen LogP contribution in [-0.2, 0) is 16.0 Å². The van der Waals surface area contributed by atoms with Gasteiger partial charge in [0.25, 0.3) is 0 Å². The van der Waals surface area contributed by atoms with Gasteiger partial charge in [-0.15, -0.1) is 0 Å². The number of ether oxygens (including phenoxy) is 3. The Labute approximate surface area is 240 Å². The number of hydrogen-bond acceptors (Lipinski definition) is 7. The number of carbonyl (C=O) groups is 1. The van der Waals surface area contributed by atoms with Gasteiger partial charge in [-0.05, 0) is 36.4 Å². The van der Waals surface area contributed by atoms with Crippen molar-refractivity contribution in [3.8, 4) is 11.8 Å². The van der Waals surface area contributed by atoms with Gasteiger partial charge in [0.2, 0.25) is 17.7 Å². The molecular formula is C30H42FN4O6+. The van der Waals surface area contributed by atoms with E-state index in [1.165, 1.54) is 13.3 Å². The van der Waals surface area contributed by atoms with E-state index < -0.39 is 29.8 Å². The first-order chi connectivity index (χ1) is 19.1. The van der Waals surface area contributed by atoms with Crippen LogP contribution in [0.15, 0.2) is 48.7 Å². The number of aromatic nitrogens is 2. The molecule has 1 amide bonds. The monoisotopic (exact) mass is 573 g/mol. The van der Waals surface area contributed by atoms with Gasteiger partial charge in [0.15, 0.2) is 17.8 Å². The van der Waals surface area contributed by atoms with Crippen LogP contribution in [0, 0.1) is 0 Å². The number of benzene rings is 1. The highest BCUT2D eigenvalue weighted by molar-refractivity contribution is 5.87. The van der Waals surface area contributed by atoms with Crippen molar-refractivity contribution in [2.75, 3.05) is 41.0 Å². The molecule has 2 unspecified atom stereocenters. The molecule has 3 aromatic rings. The zero-order valence-corrected chi connectivity index (χ0v) is 24.2. The molecule has 0 radical (unpaired) electrons. The predicted octanol–water partition coefficient (Wildman–Crippen LogP) is 2.70. The molecule has 0 spiro atoms. The summed E-state index contributed by atoms with van der Waals surface area (Å²) in [7, 11) is 5.12. The number of aliphatic hydroxyl groups excluding tert-OH is 1. The Kier molecular flexibility index (Phi) is 10.6. The number of hydrogen-bond donors (Lipinski definition) is 2. The van der Waals surface area contributed by atoms with Gasteiger partial charge in [-0.2, -0.15) is 0 Å². The van der Waals surface area contributed by atoms with Gasteiger partial charge in [-0.1, -0.05) is 31.5 Å². The molecule has 1 aromatic carbocycles. The predicted molar refractivity (Wildman–Crippen MR) is 153 cm³/mol. The van der Waals surface area contributed by atoms with E-state index in [0.717, 1.165) is 35.7 Å². The van der Waals surface area contributed by atoms with Crippen LogP contribution in [-0.4, -0.2) is 89.7 Å². The van der Waals surface area contributed by atoms with Crippen molar-refractivity contribution in [3.63, 3.8) is 0 Å². The van der Waals surface area contributed by atoms with Crippen molar-refractivity contribution in [1.82, 2.24) is 9.97 Å². The lowest BCUT2D eigenvalue weighted by Crippen LogP contribution is -2.74. The first-order valence-electron chi connectivity index (χ1n) is 13.7. The maximum Gasteiger partial charge on any atom is 0.249 e. The zero-order chi connectivity index (χ0) is 28.9. The lowest BCUT2D eigenvalue weighted by atomic mass is 9.74. The number of methoxy groups -OCH3 is 1. The first kappa shape index (κ1) is 32.1. The summed E-state index contributed by atoms with van der Waals surface area (Å²) in [6, 6.07) is 13.2. The minimum absolute atomic E-state index is 0. The quantitative estimate of drug-likeness (QED) is 0.317. The number of halogens is 1. The number of primary amides is 1. The number of unbranched alkanes of at least 4 members (excludes halogenated alkanes) is 1. The molecule has 3 heterocycles. The van der Waals surface area contributed by atoms with Crippen molar-refractivity contribution in [3.05, 3.63) is 59.9 Å². The molecule has 0 saturated carbocycles. The normalized spacial score (nSPS) is 21.6. The molecule has 2 aromatic heterocycles. The second-order valence-corrected chi connectivity index (χ2v) is 10.9. The third-order valence-corrected chi connectivity index (χ3v) is 8.14. The van der Waals surface area contributed by atoms with Crippen molar-refractivity contribution < 1.29 is 38.5 Å². The highest BCUT2D eigenvalue weighted by atomic mass is 19.1. The molecule has 1 fully saturated rings. The second kappa shape index (κ2) is 13.5. The SMILES string of the molecule is CCCCc1cc2ccccc2c(OCC[N+](C)(C)[C@@]2(C(F)c3ccc(OC)nc3)CCOC(C(N)=O)[C@@H]2O)n1.O. The first-order valence-corrected chi connectivity index (χ1v) is 13.7. The molecule has 10 nitrogen and oxygen atoms in total. The highest BCUT2D eigenvalue weighted by Gasteiger charge is 2.63. The maximum absolute atomic E-state index is 16.7. The number of nitrogens with zero attached hydrogens (tertiary/aromatic N) is 3. The Bertz CT molecular complexity index is 1310. The van der Waals surface area contributed by atoms with E-state index in [9.17, 15) is 9.90 Å². The van der Waals surface area contributed by atoms with E-state index in [1.807, 2.05) is 38.4 Å². The topological polar surface area (TPSA) is 148 Å². The Hall–Kier alpha value is -3.38. The number of fused-ring (bicyclic) bond motifs is 1. The summed E-state index contributed by atoms with van der Waals surface area (Å²) in [6.45, 7) is 2.71. The van der Waals surface area contributed by atoms with Gasteiger partial charge >= 0.3 is 0 Å². The molecule has 5 N–H and O–H groups in total. The summed E-state index contributed by atoms with van der Waals surface area (Å²) in [6.07, 6.45) is -0.0890. The molecule has 0 aliphatic carbocycles. The third kappa shape index (κ3) is 6.43. The smallest absolute Gasteiger partial charge is 0.249 e. The van der Waals surface area contributed by atoms with Crippen LogP contribution in [0.25, 0.3) is 10.8 Å². The van der Waals surface area contributed by atoms with Crippen LogP contribution in [0.3, 0.4) is 0 Å². The fourth-order valence-corrected chi connectivity index (χ4v) is 5.68. The highest BCUT2D eigenvalue weighted by Crippen LogP contribution is 2.46. The van der Waals surface area contributed by atoms with Crippen molar-refractivity contribution >= 4 is 16.7 Å². The van der Waals surface area contributed by atoms with Crippen LogP contribution < -0.4 is 15.2 Å². The average Bonchev–Trinajstić information content (AvgIpc) is 2.95. The molecule has 4 rings (SSSR count). The lowest BCUT2D eigenvalue weighted by molar-refractivity contribution is -0.952. The number of amides is 1. The van der Waals surface area contributed by atoms with Gasteiger partial charge in [-0.3, -0.25) is 4.79 Å². The number of quaternary nitrogens is 1. The fraction of sp³-hybridized carbons (Fsp3) is 0.500. The van der Waals surface area contributed by atoms with E-state index in [-0.39, 0.29) is 35.2 Å². The number of aryl methyl sites for hydroxylation is 1. The van der Waals surface area contributed by atoms with Crippen LogP contribution >= 0.6 is 0 Å². The van der Waals surface area contributed by atoms with Crippen molar-refractivity contribution in [2.24, 2.45) is 5.73 Å². The van der Waals surface area contributed by atoms with Gasteiger partial charge in [0.05, 0.1) is 27.8 Å². The molecule has 0 bridgehead atoms. The van der Waals surface area contributed by atoms with Crippen LogP contribution in [0.2, 0.25) is 0 Å². The Balaban J connectivity index is 0.00000462. The molecule has 11 heteroatoms. The van der Waals surface area contributed by atoms with E-state index in [0.29, 0.717) is 18.3 Å². The molecular weight excluding hydrogens is 531 g/mol. The third-order valence-electron chi connectivity index (χ3n) is 8.14. The Morgan fingerprint density at radius 2 is 2.05 bits per heavy atom. The van der Waals surface area contributed by atoms with Crippen LogP contribution in [0.4, 0.5) is 4.39 Å². The van der Waals surface area contributed by atoms with Gasteiger partial charge < -0.3 is 35.0 Å². The minimum Gasteiger partial charge on any atom is -0.481 e. The van der Waals surface area contributed by atoms with E-state index >= 15 is 4.39 Å². The molecule has 1 saturated heterocycles. The van der Waals surface area contributed by atoms with Crippen LogP contribution in [0.1, 0.15) is 43.6 Å². The second-order valence-electron chi connectivity index (χ2n) is 10.9. The molecule has 1 aliphatic rings. The van der Waals surface area contributed by atoms with Crippen LogP contribution in [0.5, 0.6) is 11.8 Å². The summed E-state index contributed by atoms with van der Waals surface area (Å²) in [5.41, 5.74) is 5.30. The lowest BCUT2D eigenvalue weighted by Gasteiger charge is -2.55. The standard InChI is InChI=1S/C30H39FN4O5.H2O/c1-5-6-10-22-18-20-9-7-8-11-23(20)29(34-22)40-17-15-35(2,3)30(14-16-39-25(27(30)36)28(32)37)26(31)21-12-13-24(38-4)33-19-21;/h7-9,11-13,18-19,25-27,36H,5-6,10,14-17H2,1-4H3,(H-,32,37);1H2/p+1/t25?,26?,27-,30+;/m0./s1. The Morgan fingerprint density at radius 1 is 1.29 bits per heavy atom. The largest absolute Gasteiger partial charge is 0.481 e. The fourth-order valence-electron chi connectivity index (χ4n) is 5.68. The van der Waals surface area contributed by atoms with E-state index in [2.05, 4.69) is 18.0 Å². The van der Waals surface area contributed by atoms with E-state index in [4.69, 9.17) is 24.9 Å². The molecule has 41 heavy (non-hydrogen) atoms. The summed E-state index contributed by atoms with van der Waals surface area (Å²) in [4.78, 5) is 21.1. The number of pyridine rings is 2. The van der Waals surface area contributed by atoms with Gasteiger partial charge in [0.1, 0.15) is 19.3 Å². The summed E-state index contributed by atoms with van der Waals surface area (Å²) < 4.78 is 33.6. The number of rotatable bonds is 12. The van der Waals surface area contributed by atoms with Gasteiger partial charge in [0, 0.05) is 35.3 Å². The molecule has 224 valence electrons. The minimum atomic E-state index is -1.70. The number of aliphatic hydroxyl groups is 1. The molecule has 4 atom stereocenters. The number of nitrogens with two attached hydrogens (primary N) is 1. The maximum atomic E-state index is 16.7. The zero-order valence-electron chi connectivity index (χ0n) is 24.2. The average molecular weight is 574 g/mol. The number of alkyl halides is 1. The number of carbonyl (C=O) groups excluding carboxylic acids is 1. The van der Waals surface area contributed by atoms with E-state index in [1.54, 1.807) is 12.1 Å². The molecule has 1 aliphatic heterocycles. The summed E-state index contributed by atoms with van der Waals surface area (Å²) in [5.74, 6) is 0.0278. The van der Waals surface area contributed by atoms with Crippen molar-refractivity contribution in [2.45, 2.75) is 56.5 Å². The summed E-state index contributed by atoms with van der Waals surface area (Å²) in [5, 5.41) is 13.5. The Morgan fingerprint density at radius 3 is 2.71 bits per heavy atom. The van der Waals surface area contributed by atoms with Crippen molar-refractivity contribution in [1.29, 1.82) is 0 Å². The number of likely N-dealkylation sites (N-methyl/N-ethyl adjacent to an activating group) is 1. The summed E-state index contributed by atoms with van der Waals surface area (Å²) >= 11 is 0.